The fraction of sp³-hybridized carbons (Fsp3) is 0.400. The first-order valence-corrected chi connectivity index (χ1v) is 4.47. The van der Waals surface area contributed by atoms with Crippen LogP contribution in [0.2, 0.25) is 0 Å². The first kappa shape index (κ1) is 8.23. The van der Waals surface area contributed by atoms with Crippen molar-refractivity contribution in [3.63, 3.8) is 0 Å². The molecule has 1 fully saturated rings. The molecule has 68 valence electrons. The van der Waals surface area contributed by atoms with Crippen molar-refractivity contribution in [2.24, 2.45) is 0 Å². The van der Waals surface area contributed by atoms with Crippen LogP contribution in [0.25, 0.3) is 0 Å². The van der Waals surface area contributed by atoms with E-state index in [0.717, 1.165) is 19.1 Å². The zero-order valence-electron chi connectivity index (χ0n) is 7.27. The summed E-state index contributed by atoms with van der Waals surface area (Å²) in [5, 5.41) is 0. The summed E-state index contributed by atoms with van der Waals surface area (Å²) in [6.45, 7) is 0. The second-order valence-electron chi connectivity index (χ2n) is 3.18. The minimum atomic E-state index is 0.294. The van der Waals surface area contributed by atoms with Gasteiger partial charge in [0.15, 0.2) is 6.29 Å². The maximum atomic E-state index is 10.6. The molecule has 0 amide bonds. The van der Waals surface area contributed by atoms with Crippen molar-refractivity contribution in [2.45, 2.75) is 25.4 Å². The maximum Gasteiger partial charge on any atom is 0.172 e. The summed E-state index contributed by atoms with van der Waals surface area (Å²) in [4.78, 5) is 14.5. The predicted molar refractivity (Wildman–Crippen MR) is 47.9 cm³/mol. The Morgan fingerprint density at radius 3 is 3.00 bits per heavy atom. The van der Waals surface area contributed by atoms with Crippen LogP contribution in [0.3, 0.4) is 0 Å². The number of aromatic nitrogens is 1. The van der Waals surface area contributed by atoms with Crippen LogP contribution in [0.5, 0.6) is 5.75 Å². The molecule has 0 saturated heterocycles. The molecule has 13 heavy (non-hydrogen) atoms. The van der Waals surface area contributed by atoms with Crippen LogP contribution in [0, 0.1) is 0 Å². The minimum absolute atomic E-state index is 0.294. The summed E-state index contributed by atoms with van der Waals surface area (Å²) < 4.78 is 5.58. The lowest BCUT2D eigenvalue weighted by Gasteiger charge is -2.26. The van der Waals surface area contributed by atoms with E-state index in [9.17, 15) is 4.79 Å². The lowest BCUT2D eigenvalue weighted by Crippen LogP contribution is -2.25. The Bertz CT molecular complexity index is 308. The number of ether oxygens (including phenoxy) is 1. The van der Waals surface area contributed by atoms with Crippen LogP contribution in [-0.2, 0) is 0 Å². The normalized spacial score (nSPS) is 16.3. The van der Waals surface area contributed by atoms with Gasteiger partial charge in [-0.25, -0.2) is 4.98 Å². The van der Waals surface area contributed by atoms with E-state index < -0.39 is 0 Å². The Morgan fingerprint density at radius 1 is 1.54 bits per heavy atom. The number of hydrogen-bond donors (Lipinski definition) is 0. The van der Waals surface area contributed by atoms with Crippen molar-refractivity contribution in [2.75, 3.05) is 0 Å². The average molecular weight is 177 g/mol. The summed E-state index contributed by atoms with van der Waals surface area (Å²) in [6.07, 6.45) is 6.02. The Kier molecular flexibility index (Phi) is 2.25. The zero-order chi connectivity index (χ0) is 9.10. The molecule has 1 aromatic rings. The summed E-state index contributed by atoms with van der Waals surface area (Å²) in [7, 11) is 0. The fourth-order valence-electron chi connectivity index (χ4n) is 1.26. The highest BCUT2D eigenvalue weighted by molar-refractivity contribution is 5.76. The highest BCUT2D eigenvalue weighted by Gasteiger charge is 2.20. The predicted octanol–water partition coefficient (Wildman–Crippen LogP) is 1.83. The topological polar surface area (TPSA) is 39.2 Å². The number of carbonyl (C=O) groups is 1. The molecular weight excluding hydrogens is 166 g/mol. The second kappa shape index (κ2) is 3.56. The van der Waals surface area contributed by atoms with Crippen LogP contribution < -0.4 is 4.74 Å². The fourth-order valence-corrected chi connectivity index (χ4v) is 1.26. The summed E-state index contributed by atoms with van der Waals surface area (Å²) >= 11 is 0. The van der Waals surface area contributed by atoms with Crippen molar-refractivity contribution in [1.29, 1.82) is 0 Å². The largest absolute Gasteiger partial charge is 0.488 e. The molecule has 0 bridgehead atoms. The monoisotopic (exact) mass is 177 g/mol. The van der Waals surface area contributed by atoms with Crippen LogP contribution >= 0.6 is 0 Å². The van der Waals surface area contributed by atoms with E-state index in [4.69, 9.17) is 4.74 Å². The molecule has 2 rings (SSSR count). The summed E-state index contributed by atoms with van der Waals surface area (Å²) in [5.74, 6) is 0.613. The Labute approximate surface area is 76.7 Å². The van der Waals surface area contributed by atoms with E-state index in [0.29, 0.717) is 17.5 Å². The quantitative estimate of drug-likeness (QED) is 0.661. The molecule has 3 heteroatoms. The van der Waals surface area contributed by atoms with Gasteiger partial charge in [0.2, 0.25) is 0 Å². The molecule has 1 saturated carbocycles. The number of hydrogen-bond acceptors (Lipinski definition) is 3. The third-order valence-electron chi connectivity index (χ3n) is 2.26. The van der Waals surface area contributed by atoms with E-state index in [1.807, 2.05) is 0 Å². The van der Waals surface area contributed by atoms with Gasteiger partial charge in [-0.15, -0.1) is 0 Å². The summed E-state index contributed by atoms with van der Waals surface area (Å²) in [5.41, 5.74) is 0.398. The van der Waals surface area contributed by atoms with Crippen molar-refractivity contribution in [3.05, 3.63) is 24.0 Å². The molecule has 0 N–H and O–H groups in total. The van der Waals surface area contributed by atoms with Crippen LogP contribution in [0.15, 0.2) is 18.3 Å². The van der Waals surface area contributed by atoms with E-state index in [1.165, 1.54) is 6.42 Å². The van der Waals surface area contributed by atoms with Gasteiger partial charge in [-0.1, -0.05) is 0 Å². The maximum absolute atomic E-state index is 10.6. The van der Waals surface area contributed by atoms with E-state index in [-0.39, 0.29) is 0 Å². The number of aldehydes is 1. The average Bonchev–Trinajstić information content (AvgIpc) is 2.12. The van der Waals surface area contributed by atoms with Crippen LogP contribution in [-0.4, -0.2) is 17.4 Å². The van der Waals surface area contributed by atoms with E-state index in [1.54, 1.807) is 18.3 Å². The standard InChI is InChI=1S/C10H11NO2/c12-7-9-10(5-2-6-11-9)13-8-3-1-4-8/h2,5-8H,1,3-4H2. The highest BCUT2D eigenvalue weighted by atomic mass is 16.5. The van der Waals surface area contributed by atoms with Gasteiger partial charge >= 0.3 is 0 Å². The van der Waals surface area contributed by atoms with Gasteiger partial charge in [0, 0.05) is 6.20 Å². The molecule has 0 spiro atoms. The lowest BCUT2D eigenvalue weighted by atomic mass is 9.96. The number of carbonyl (C=O) groups excluding carboxylic acids is 1. The first-order chi connectivity index (χ1) is 6.40. The van der Waals surface area contributed by atoms with Gasteiger partial charge in [0.05, 0.1) is 6.10 Å². The molecule has 1 heterocycles. The van der Waals surface area contributed by atoms with Gasteiger partial charge < -0.3 is 4.74 Å². The summed E-state index contributed by atoms with van der Waals surface area (Å²) in [6, 6.07) is 3.57. The second-order valence-corrected chi connectivity index (χ2v) is 3.18. The SMILES string of the molecule is O=Cc1ncccc1OC1CCC1. The Hall–Kier alpha value is -1.38. The molecule has 0 unspecified atom stereocenters. The minimum Gasteiger partial charge on any atom is -0.488 e. The Balaban J connectivity index is 2.12. The molecule has 3 nitrogen and oxygen atoms in total. The molecule has 0 aromatic carbocycles. The van der Waals surface area contributed by atoms with Crippen LogP contribution in [0.1, 0.15) is 29.8 Å². The molecular formula is C10H11NO2. The molecule has 1 aromatic heterocycles. The highest BCUT2D eigenvalue weighted by Crippen LogP contribution is 2.25. The molecule has 0 aliphatic heterocycles. The van der Waals surface area contributed by atoms with Gasteiger partial charge in [-0.2, -0.15) is 0 Å². The number of nitrogens with zero attached hydrogens (tertiary/aromatic N) is 1. The number of rotatable bonds is 3. The van der Waals surface area contributed by atoms with Crippen molar-refractivity contribution < 1.29 is 9.53 Å². The first-order valence-electron chi connectivity index (χ1n) is 4.47. The molecule has 0 atom stereocenters. The van der Waals surface area contributed by atoms with Gasteiger partial charge in [0.25, 0.3) is 0 Å². The van der Waals surface area contributed by atoms with Gasteiger partial charge in [-0.05, 0) is 31.4 Å². The number of pyridine rings is 1. The van der Waals surface area contributed by atoms with E-state index in [2.05, 4.69) is 4.98 Å². The molecule has 0 radical (unpaired) electrons. The van der Waals surface area contributed by atoms with Gasteiger partial charge in [-0.3, -0.25) is 4.79 Å². The zero-order valence-corrected chi connectivity index (χ0v) is 7.27. The smallest absolute Gasteiger partial charge is 0.172 e. The molecule has 1 aliphatic rings. The lowest BCUT2D eigenvalue weighted by molar-refractivity contribution is 0.107. The Morgan fingerprint density at radius 2 is 2.38 bits per heavy atom. The van der Waals surface area contributed by atoms with Crippen molar-refractivity contribution >= 4 is 6.29 Å². The van der Waals surface area contributed by atoms with Crippen LogP contribution in [0.4, 0.5) is 0 Å². The third kappa shape index (κ3) is 1.69. The molecule has 1 aliphatic carbocycles. The van der Waals surface area contributed by atoms with Crippen molar-refractivity contribution in [1.82, 2.24) is 4.98 Å². The van der Waals surface area contributed by atoms with E-state index >= 15 is 0 Å². The van der Waals surface area contributed by atoms with Crippen molar-refractivity contribution in [3.8, 4) is 5.75 Å². The third-order valence-corrected chi connectivity index (χ3v) is 2.26. The van der Waals surface area contributed by atoms with Gasteiger partial charge in [0.1, 0.15) is 11.4 Å².